The van der Waals surface area contributed by atoms with Gasteiger partial charge in [-0.3, -0.25) is 9.69 Å². The van der Waals surface area contributed by atoms with E-state index in [9.17, 15) is 4.79 Å². The minimum atomic E-state index is 0.0718. The Kier molecular flexibility index (Phi) is 6.24. The molecule has 0 unspecified atom stereocenters. The standard InChI is InChI=1S/C17H25ClN2O2/c1-12(2)11-22-17-8-13(3)15(18)9-14(17)16(21)10-20-6-4-19-5-7-20/h8-9,12,19H,4-7,10-11H2,1-3H3. The SMILES string of the molecule is Cc1cc(OCC(C)C)c(C(=O)CN2CCNCC2)cc1Cl. The summed E-state index contributed by atoms with van der Waals surface area (Å²) >= 11 is 6.20. The van der Waals surface area contributed by atoms with Crippen LogP contribution >= 0.6 is 11.6 Å². The second-order valence-electron chi connectivity index (χ2n) is 6.25. The fourth-order valence-electron chi connectivity index (χ4n) is 2.41. The molecule has 0 amide bonds. The average molecular weight is 325 g/mol. The normalized spacial score (nSPS) is 16.0. The van der Waals surface area contributed by atoms with Crippen molar-refractivity contribution in [3.63, 3.8) is 0 Å². The quantitative estimate of drug-likeness (QED) is 0.817. The Morgan fingerprint density at radius 3 is 2.68 bits per heavy atom. The third-order valence-electron chi connectivity index (χ3n) is 3.71. The van der Waals surface area contributed by atoms with Crippen LogP contribution in [0, 0.1) is 12.8 Å². The van der Waals surface area contributed by atoms with E-state index in [1.807, 2.05) is 13.0 Å². The lowest BCUT2D eigenvalue weighted by Gasteiger charge is -2.26. The summed E-state index contributed by atoms with van der Waals surface area (Å²) in [4.78, 5) is 14.8. The van der Waals surface area contributed by atoms with Crippen LogP contribution in [0.25, 0.3) is 0 Å². The van der Waals surface area contributed by atoms with Crippen molar-refractivity contribution in [3.8, 4) is 5.75 Å². The zero-order chi connectivity index (χ0) is 16.1. The fourth-order valence-corrected chi connectivity index (χ4v) is 2.57. The number of carbonyl (C=O) groups excluding carboxylic acids is 1. The molecular weight excluding hydrogens is 300 g/mol. The van der Waals surface area contributed by atoms with Crippen LogP contribution < -0.4 is 10.1 Å². The third kappa shape index (κ3) is 4.70. The first-order valence-corrected chi connectivity index (χ1v) is 8.24. The summed E-state index contributed by atoms with van der Waals surface area (Å²) in [6, 6.07) is 3.62. The molecule has 0 aliphatic carbocycles. The number of benzene rings is 1. The second kappa shape index (κ2) is 7.95. The molecule has 22 heavy (non-hydrogen) atoms. The van der Waals surface area contributed by atoms with Crippen LogP contribution in [-0.2, 0) is 0 Å². The van der Waals surface area contributed by atoms with E-state index in [-0.39, 0.29) is 5.78 Å². The van der Waals surface area contributed by atoms with Crippen molar-refractivity contribution in [2.75, 3.05) is 39.3 Å². The Hall–Kier alpha value is -1.10. The molecule has 5 heteroatoms. The first-order valence-electron chi connectivity index (χ1n) is 7.86. The van der Waals surface area contributed by atoms with Gasteiger partial charge < -0.3 is 10.1 Å². The van der Waals surface area contributed by atoms with Crippen LogP contribution in [0.2, 0.25) is 5.02 Å². The fraction of sp³-hybridized carbons (Fsp3) is 0.588. The molecule has 0 atom stereocenters. The van der Waals surface area contributed by atoms with E-state index in [1.54, 1.807) is 6.07 Å². The highest BCUT2D eigenvalue weighted by Gasteiger charge is 2.19. The van der Waals surface area contributed by atoms with Gasteiger partial charge in [0.25, 0.3) is 0 Å². The molecule has 1 aliphatic rings. The van der Waals surface area contributed by atoms with Crippen molar-refractivity contribution in [1.82, 2.24) is 10.2 Å². The molecule has 0 bridgehead atoms. The van der Waals surface area contributed by atoms with E-state index in [0.29, 0.717) is 35.4 Å². The van der Waals surface area contributed by atoms with Crippen LogP contribution in [0.5, 0.6) is 5.75 Å². The largest absolute Gasteiger partial charge is 0.493 e. The number of aryl methyl sites for hydroxylation is 1. The molecule has 0 aromatic heterocycles. The maximum atomic E-state index is 12.6. The molecule has 1 heterocycles. The van der Waals surface area contributed by atoms with Crippen molar-refractivity contribution in [1.29, 1.82) is 0 Å². The van der Waals surface area contributed by atoms with Crippen LogP contribution in [0.1, 0.15) is 29.8 Å². The summed E-state index contributed by atoms with van der Waals surface area (Å²) in [7, 11) is 0. The lowest BCUT2D eigenvalue weighted by Crippen LogP contribution is -2.45. The Morgan fingerprint density at radius 2 is 2.05 bits per heavy atom. The summed E-state index contributed by atoms with van der Waals surface area (Å²) in [5, 5.41) is 3.90. The number of Topliss-reactive ketones (excluding diaryl/α,β-unsaturated/α-hetero) is 1. The molecule has 1 saturated heterocycles. The van der Waals surface area contributed by atoms with Gasteiger partial charge in [-0.25, -0.2) is 0 Å². The molecule has 2 rings (SSSR count). The van der Waals surface area contributed by atoms with Crippen molar-refractivity contribution in [2.45, 2.75) is 20.8 Å². The lowest BCUT2D eigenvalue weighted by molar-refractivity contribution is 0.0916. The second-order valence-corrected chi connectivity index (χ2v) is 6.66. The number of halogens is 1. The van der Waals surface area contributed by atoms with Crippen LogP contribution in [0.4, 0.5) is 0 Å². The predicted octanol–water partition coefficient (Wildman–Crippen LogP) is 2.77. The summed E-state index contributed by atoms with van der Waals surface area (Å²) in [5.41, 5.74) is 1.52. The van der Waals surface area contributed by atoms with E-state index in [2.05, 4.69) is 24.1 Å². The zero-order valence-corrected chi connectivity index (χ0v) is 14.4. The number of ether oxygens (including phenoxy) is 1. The van der Waals surface area contributed by atoms with Gasteiger partial charge in [0.05, 0.1) is 18.7 Å². The van der Waals surface area contributed by atoms with Gasteiger partial charge in [-0.15, -0.1) is 0 Å². The Balaban J connectivity index is 2.15. The zero-order valence-electron chi connectivity index (χ0n) is 13.6. The number of nitrogens with one attached hydrogen (secondary N) is 1. The first-order chi connectivity index (χ1) is 10.5. The van der Waals surface area contributed by atoms with Crippen LogP contribution in [0.3, 0.4) is 0 Å². The summed E-state index contributed by atoms with van der Waals surface area (Å²) in [5.74, 6) is 1.13. The minimum Gasteiger partial charge on any atom is -0.493 e. The van der Waals surface area contributed by atoms with Gasteiger partial charge in [0, 0.05) is 31.2 Å². The van der Waals surface area contributed by atoms with Crippen molar-refractivity contribution in [3.05, 3.63) is 28.3 Å². The van der Waals surface area contributed by atoms with E-state index >= 15 is 0 Å². The Morgan fingerprint density at radius 1 is 1.36 bits per heavy atom. The van der Waals surface area contributed by atoms with Crippen molar-refractivity contribution >= 4 is 17.4 Å². The molecule has 1 aliphatic heterocycles. The highest BCUT2D eigenvalue weighted by molar-refractivity contribution is 6.31. The summed E-state index contributed by atoms with van der Waals surface area (Å²) in [6.45, 7) is 10.8. The van der Waals surface area contributed by atoms with Gasteiger partial charge in [0.1, 0.15) is 5.75 Å². The number of hydrogen-bond donors (Lipinski definition) is 1. The van der Waals surface area contributed by atoms with E-state index < -0.39 is 0 Å². The Labute approximate surface area is 137 Å². The monoisotopic (exact) mass is 324 g/mol. The molecule has 0 spiro atoms. The molecule has 1 aromatic rings. The summed E-state index contributed by atoms with van der Waals surface area (Å²) in [6.07, 6.45) is 0. The topological polar surface area (TPSA) is 41.6 Å². The van der Waals surface area contributed by atoms with Crippen molar-refractivity contribution in [2.24, 2.45) is 5.92 Å². The average Bonchev–Trinajstić information content (AvgIpc) is 2.49. The number of rotatable bonds is 6. The van der Waals surface area contributed by atoms with E-state index in [4.69, 9.17) is 16.3 Å². The molecule has 1 N–H and O–H groups in total. The first kappa shape index (κ1) is 17.3. The maximum absolute atomic E-state index is 12.6. The van der Waals surface area contributed by atoms with Gasteiger partial charge in [-0.05, 0) is 30.5 Å². The number of piperazine rings is 1. The summed E-state index contributed by atoms with van der Waals surface area (Å²) < 4.78 is 5.83. The van der Waals surface area contributed by atoms with Gasteiger partial charge in [-0.2, -0.15) is 0 Å². The lowest BCUT2D eigenvalue weighted by atomic mass is 10.1. The van der Waals surface area contributed by atoms with E-state index in [1.165, 1.54) is 0 Å². The van der Waals surface area contributed by atoms with Gasteiger partial charge in [-0.1, -0.05) is 25.4 Å². The van der Waals surface area contributed by atoms with Gasteiger partial charge >= 0.3 is 0 Å². The van der Waals surface area contributed by atoms with Crippen LogP contribution in [0.15, 0.2) is 12.1 Å². The van der Waals surface area contributed by atoms with Crippen LogP contribution in [-0.4, -0.2) is 50.0 Å². The third-order valence-corrected chi connectivity index (χ3v) is 4.12. The molecule has 1 aromatic carbocycles. The maximum Gasteiger partial charge on any atom is 0.180 e. The minimum absolute atomic E-state index is 0.0718. The van der Waals surface area contributed by atoms with Gasteiger partial charge in [0.15, 0.2) is 5.78 Å². The molecule has 122 valence electrons. The molecule has 1 fully saturated rings. The highest BCUT2D eigenvalue weighted by Crippen LogP contribution is 2.28. The molecular formula is C17H25ClN2O2. The van der Waals surface area contributed by atoms with Crippen molar-refractivity contribution < 1.29 is 9.53 Å². The number of nitrogens with zero attached hydrogens (tertiary/aromatic N) is 1. The van der Waals surface area contributed by atoms with E-state index in [0.717, 1.165) is 31.7 Å². The number of carbonyl (C=O) groups is 1. The number of ketones is 1. The molecule has 4 nitrogen and oxygen atoms in total. The molecule has 0 radical (unpaired) electrons. The Bertz CT molecular complexity index is 526. The predicted molar refractivity (Wildman–Crippen MR) is 90.2 cm³/mol. The highest BCUT2D eigenvalue weighted by atomic mass is 35.5. The van der Waals surface area contributed by atoms with Gasteiger partial charge in [0.2, 0.25) is 0 Å². The smallest absolute Gasteiger partial charge is 0.180 e. The number of hydrogen-bond acceptors (Lipinski definition) is 4. The molecule has 0 saturated carbocycles.